The van der Waals surface area contributed by atoms with Crippen molar-refractivity contribution in [2.45, 2.75) is 51.8 Å². The summed E-state index contributed by atoms with van der Waals surface area (Å²) in [5.41, 5.74) is 1.33. The van der Waals surface area contributed by atoms with E-state index in [1.165, 1.54) is 5.56 Å². The van der Waals surface area contributed by atoms with Crippen molar-refractivity contribution >= 4 is 6.03 Å². The summed E-state index contributed by atoms with van der Waals surface area (Å²) in [4.78, 5) is 14.4. The number of hydrogen-bond acceptors (Lipinski definition) is 3. The highest BCUT2D eigenvalue weighted by atomic mass is 16.3. The van der Waals surface area contributed by atoms with Crippen molar-refractivity contribution in [2.75, 3.05) is 19.6 Å². The fourth-order valence-electron chi connectivity index (χ4n) is 3.30. The summed E-state index contributed by atoms with van der Waals surface area (Å²) >= 11 is 0. The maximum Gasteiger partial charge on any atom is 0.315 e. The van der Waals surface area contributed by atoms with Crippen LogP contribution in [0.2, 0.25) is 0 Å². The number of aliphatic hydroxyl groups excluding tert-OH is 1. The van der Waals surface area contributed by atoms with Gasteiger partial charge in [-0.2, -0.15) is 0 Å². The molecule has 1 aliphatic heterocycles. The molecule has 3 atom stereocenters. The van der Waals surface area contributed by atoms with Crippen molar-refractivity contribution in [1.29, 1.82) is 0 Å². The molecule has 3 N–H and O–H groups in total. The average molecular weight is 333 g/mol. The minimum atomic E-state index is -0.453. The second kappa shape index (κ2) is 9.64. The highest BCUT2D eigenvalue weighted by Crippen LogP contribution is 2.18. The van der Waals surface area contributed by atoms with Gasteiger partial charge >= 0.3 is 6.03 Å². The molecule has 0 radical (unpaired) electrons. The Morgan fingerprint density at radius 3 is 2.79 bits per heavy atom. The third kappa shape index (κ3) is 6.13. The van der Waals surface area contributed by atoms with Crippen LogP contribution in [0.1, 0.15) is 38.7 Å². The largest absolute Gasteiger partial charge is 0.391 e. The van der Waals surface area contributed by atoms with Gasteiger partial charge in [0.15, 0.2) is 0 Å². The minimum absolute atomic E-state index is 0.168. The second-order valence-corrected chi connectivity index (χ2v) is 6.89. The molecule has 1 aromatic rings. The van der Waals surface area contributed by atoms with Crippen molar-refractivity contribution in [1.82, 2.24) is 15.5 Å². The van der Waals surface area contributed by atoms with Crippen molar-refractivity contribution in [3.63, 3.8) is 0 Å². The molecule has 2 amide bonds. The molecule has 0 saturated carbocycles. The first-order valence-corrected chi connectivity index (χ1v) is 9.07. The number of urea groups is 1. The number of nitrogens with one attached hydrogen (secondary N) is 2. The maximum absolute atomic E-state index is 12.0. The topological polar surface area (TPSA) is 64.6 Å². The third-order valence-electron chi connectivity index (χ3n) is 4.68. The van der Waals surface area contributed by atoms with Crippen LogP contribution in [0.4, 0.5) is 4.79 Å². The number of carbonyl (C=O) groups is 1. The molecule has 0 aromatic heterocycles. The van der Waals surface area contributed by atoms with Gasteiger partial charge < -0.3 is 15.7 Å². The lowest BCUT2D eigenvalue weighted by atomic mass is 9.93. The lowest BCUT2D eigenvalue weighted by Gasteiger charge is -2.37. The summed E-state index contributed by atoms with van der Waals surface area (Å²) in [6.45, 7) is 7.47. The van der Waals surface area contributed by atoms with Crippen LogP contribution in [0.25, 0.3) is 0 Å². The molecule has 1 fully saturated rings. The van der Waals surface area contributed by atoms with Crippen LogP contribution in [-0.2, 0) is 6.54 Å². The second-order valence-electron chi connectivity index (χ2n) is 6.89. The molecular formula is C19H31N3O2. The Bertz CT molecular complexity index is 495. The van der Waals surface area contributed by atoms with Crippen LogP contribution in [-0.4, -0.2) is 47.8 Å². The van der Waals surface area contributed by atoms with E-state index in [2.05, 4.69) is 46.7 Å². The molecule has 3 unspecified atom stereocenters. The van der Waals surface area contributed by atoms with Gasteiger partial charge in [0, 0.05) is 32.2 Å². The van der Waals surface area contributed by atoms with Crippen molar-refractivity contribution in [2.24, 2.45) is 5.92 Å². The Morgan fingerprint density at radius 2 is 2.12 bits per heavy atom. The van der Waals surface area contributed by atoms with Crippen LogP contribution in [0.3, 0.4) is 0 Å². The van der Waals surface area contributed by atoms with E-state index in [1.54, 1.807) is 0 Å². The van der Waals surface area contributed by atoms with Crippen LogP contribution >= 0.6 is 0 Å². The number of benzene rings is 1. The van der Waals surface area contributed by atoms with E-state index < -0.39 is 6.10 Å². The first kappa shape index (κ1) is 18.7. The summed E-state index contributed by atoms with van der Waals surface area (Å²) in [7, 11) is 0. The Kier molecular flexibility index (Phi) is 7.53. The van der Waals surface area contributed by atoms with Gasteiger partial charge in [-0.25, -0.2) is 4.79 Å². The molecule has 5 heteroatoms. The number of nitrogens with zero attached hydrogens (tertiary/aromatic N) is 1. The molecule has 2 rings (SSSR count). The SMILES string of the molecule is CCCC(O)CNC(=O)NC1CCN(Cc2ccccc2)CC1C. The number of likely N-dealkylation sites (tertiary alicyclic amines) is 1. The van der Waals surface area contributed by atoms with E-state index in [4.69, 9.17) is 0 Å². The molecule has 1 heterocycles. The molecular weight excluding hydrogens is 302 g/mol. The molecule has 134 valence electrons. The number of rotatable bonds is 7. The Hall–Kier alpha value is -1.59. The fourth-order valence-corrected chi connectivity index (χ4v) is 3.30. The van der Waals surface area contributed by atoms with Gasteiger partial charge in [-0.15, -0.1) is 0 Å². The molecule has 0 aliphatic carbocycles. The minimum Gasteiger partial charge on any atom is -0.391 e. The molecule has 24 heavy (non-hydrogen) atoms. The Balaban J connectivity index is 1.72. The van der Waals surface area contributed by atoms with Crippen LogP contribution < -0.4 is 10.6 Å². The normalized spacial score (nSPS) is 22.8. The summed E-state index contributed by atoms with van der Waals surface area (Å²) in [5.74, 6) is 0.411. The summed E-state index contributed by atoms with van der Waals surface area (Å²) in [6.07, 6.45) is 2.14. The quantitative estimate of drug-likeness (QED) is 0.718. The highest BCUT2D eigenvalue weighted by Gasteiger charge is 2.27. The predicted octanol–water partition coefficient (Wildman–Crippen LogP) is 2.36. The lowest BCUT2D eigenvalue weighted by molar-refractivity contribution is 0.138. The van der Waals surface area contributed by atoms with E-state index in [0.717, 1.165) is 32.5 Å². The van der Waals surface area contributed by atoms with Crippen LogP contribution in [0, 0.1) is 5.92 Å². The zero-order valence-corrected chi connectivity index (χ0v) is 14.9. The van der Waals surface area contributed by atoms with Gasteiger partial charge in [0.2, 0.25) is 0 Å². The fraction of sp³-hybridized carbons (Fsp3) is 0.632. The van der Waals surface area contributed by atoms with E-state index in [1.807, 2.05) is 13.0 Å². The van der Waals surface area contributed by atoms with E-state index in [-0.39, 0.29) is 12.1 Å². The van der Waals surface area contributed by atoms with Gasteiger partial charge in [-0.3, -0.25) is 4.90 Å². The predicted molar refractivity (Wildman–Crippen MR) is 96.7 cm³/mol. The Labute approximate surface area is 145 Å². The van der Waals surface area contributed by atoms with Crippen molar-refractivity contribution in [3.8, 4) is 0 Å². The number of aliphatic hydroxyl groups is 1. The zero-order chi connectivity index (χ0) is 17.4. The molecule has 0 bridgehead atoms. The molecule has 1 saturated heterocycles. The standard InChI is InChI=1S/C19H31N3O2/c1-3-7-17(23)12-20-19(24)21-18-10-11-22(13-15(18)2)14-16-8-5-4-6-9-16/h4-6,8-9,15,17-18,23H,3,7,10-14H2,1-2H3,(H2,20,21,24). The molecule has 0 spiro atoms. The lowest BCUT2D eigenvalue weighted by Crippen LogP contribution is -2.52. The number of carbonyl (C=O) groups excluding carboxylic acids is 1. The molecule has 1 aliphatic rings. The van der Waals surface area contributed by atoms with E-state index in [0.29, 0.717) is 18.9 Å². The molecule has 1 aromatic carbocycles. The number of piperidine rings is 1. The third-order valence-corrected chi connectivity index (χ3v) is 4.68. The maximum atomic E-state index is 12.0. The van der Waals surface area contributed by atoms with Gasteiger partial charge in [-0.05, 0) is 24.3 Å². The smallest absolute Gasteiger partial charge is 0.315 e. The van der Waals surface area contributed by atoms with Gasteiger partial charge in [0.05, 0.1) is 6.10 Å². The van der Waals surface area contributed by atoms with Gasteiger partial charge in [-0.1, -0.05) is 50.6 Å². The van der Waals surface area contributed by atoms with E-state index in [9.17, 15) is 9.90 Å². The van der Waals surface area contributed by atoms with E-state index >= 15 is 0 Å². The monoisotopic (exact) mass is 333 g/mol. The summed E-state index contributed by atoms with van der Waals surface area (Å²) < 4.78 is 0. The van der Waals surface area contributed by atoms with Gasteiger partial charge in [0.1, 0.15) is 0 Å². The highest BCUT2D eigenvalue weighted by molar-refractivity contribution is 5.74. The number of hydrogen-bond donors (Lipinski definition) is 3. The molecule has 5 nitrogen and oxygen atoms in total. The van der Waals surface area contributed by atoms with Crippen molar-refractivity contribution < 1.29 is 9.90 Å². The summed E-state index contributed by atoms with van der Waals surface area (Å²) in [6, 6.07) is 10.5. The van der Waals surface area contributed by atoms with Crippen LogP contribution in [0.5, 0.6) is 0 Å². The first-order chi connectivity index (χ1) is 11.6. The first-order valence-electron chi connectivity index (χ1n) is 9.07. The van der Waals surface area contributed by atoms with Crippen molar-refractivity contribution in [3.05, 3.63) is 35.9 Å². The van der Waals surface area contributed by atoms with Crippen LogP contribution in [0.15, 0.2) is 30.3 Å². The Morgan fingerprint density at radius 1 is 1.38 bits per heavy atom. The number of amides is 2. The summed E-state index contributed by atoms with van der Waals surface area (Å²) in [5, 5.41) is 15.5. The average Bonchev–Trinajstić information content (AvgIpc) is 2.57. The van der Waals surface area contributed by atoms with Gasteiger partial charge in [0.25, 0.3) is 0 Å². The zero-order valence-electron chi connectivity index (χ0n) is 14.9.